The number of benzene rings is 2. The van der Waals surface area contributed by atoms with Crippen molar-refractivity contribution < 1.29 is 18.7 Å². The highest BCUT2D eigenvalue weighted by atomic mass is 32.1. The number of carbonyl (C=O) groups excluding carboxylic acids is 1. The zero-order valence-corrected chi connectivity index (χ0v) is 17.1. The van der Waals surface area contributed by atoms with E-state index in [1.807, 2.05) is 49.4 Å². The van der Waals surface area contributed by atoms with Gasteiger partial charge < -0.3 is 19.2 Å². The van der Waals surface area contributed by atoms with Crippen molar-refractivity contribution in [2.45, 2.75) is 19.8 Å². The molecule has 0 unspecified atom stereocenters. The maximum Gasteiger partial charge on any atom is 0.226 e. The van der Waals surface area contributed by atoms with E-state index in [4.69, 9.17) is 13.9 Å². The average Bonchev–Trinajstić information content (AvgIpc) is 3.33. The Hall–Kier alpha value is -3.39. The van der Waals surface area contributed by atoms with Crippen LogP contribution in [0.3, 0.4) is 0 Å². The first kappa shape index (κ1) is 18.6. The number of thiazole rings is 1. The lowest BCUT2D eigenvalue weighted by Gasteiger charge is -2.17. The number of nitrogens with zero attached hydrogens (tertiary/aromatic N) is 2. The Balaban J connectivity index is 1.24. The number of fused-ring (bicyclic) bond motifs is 2. The molecule has 30 heavy (non-hydrogen) atoms. The van der Waals surface area contributed by atoms with Gasteiger partial charge in [-0.1, -0.05) is 41.7 Å². The molecule has 2 aromatic heterocycles. The normalized spacial score (nSPS) is 12.8. The van der Waals surface area contributed by atoms with Gasteiger partial charge in [0, 0.05) is 30.5 Å². The molecule has 0 spiro atoms. The van der Waals surface area contributed by atoms with Crippen molar-refractivity contribution in [3.05, 3.63) is 54.0 Å². The summed E-state index contributed by atoms with van der Waals surface area (Å²) in [6.07, 6.45) is 0.674. The Morgan fingerprint density at radius 1 is 1.10 bits per heavy atom. The van der Waals surface area contributed by atoms with E-state index in [9.17, 15) is 4.79 Å². The second-order valence-electron chi connectivity index (χ2n) is 6.92. The quantitative estimate of drug-likeness (QED) is 0.507. The molecule has 152 valence electrons. The van der Waals surface area contributed by atoms with E-state index in [-0.39, 0.29) is 12.3 Å². The van der Waals surface area contributed by atoms with Gasteiger partial charge in [0.2, 0.25) is 5.91 Å². The van der Waals surface area contributed by atoms with Crippen molar-refractivity contribution in [1.29, 1.82) is 0 Å². The lowest BCUT2D eigenvalue weighted by atomic mass is 10.1. The van der Waals surface area contributed by atoms with Crippen LogP contribution in [0, 0.1) is 6.92 Å². The highest BCUT2D eigenvalue weighted by molar-refractivity contribution is 7.22. The van der Waals surface area contributed by atoms with E-state index >= 15 is 0 Å². The van der Waals surface area contributed by atoms with Gasteiger partial charge in [0.15, 0.2) is 28.3 Å². The van der Waals surface area contributed by atoms with Crippen molar-refractivity contribution in [1.82, 2.24) is 9.97 Å². The minimum atomic E-state index is -0.136. The van der Waals surface area contributed by atoms with Gasteiger partial charge in [0.25, 0.3) is 0 Å². The van der Waals surface area contributed by atoms with Crippen LogP contribution in [-0.2, 0) is 11.2 Å². The van der Waals surface area contributed by atoms with Crippen LogP contribution in [0.2, 0.25) is 0 Å². The fourth-order valence-electron chi connectivity index (χ4n) is 3.34. The summed E-state index contributed by atoms with van der Waals surface area (Å²) in [7, 11) is 0. The maximum atomic E-state index is 12.4. The highest BCUT2D eigenvalue weighted by Crippen LogP contribution is 2.37. The monoisotopic (exact) mass is 421 g/mol. The molecule has 1 N–H and O–H groups in total. The molecule has 1 amide bonds. The number of anilines is 1. The zero-order chi connectivity index (χ0) is 20.5. The maximum absolute atomic E-state index is 12.4. The summed E-state index contributed by atoms with van der Waals surface area (Å²) in [6, 6.07) is 13.6. The number of oxazole rings is 1. The summed E-state index contributed by atoms with van der Waals surface area (Å²) in [6.45, 7) is 2.97. The van der Waals surface area contributed by atoms with Gasteiger partial charge in [-0.3, -0.25) is 4.79 Å². The van der Waals surface area contributed by atoms with E-state index in [0.29, 0.717) is 42.2 Å². The minimum absolute atomic E-state index is 0.136. The molecule has 0 saturated heterocycles. The van der Waals surface area contributed by atoms with Crippen molar-refractivity contribution >= 4 is 32.6 Å². The summed E-state index contributed by atoms with van der Waals surface area (Å²) >= 11 is 1.41. The number of rotatable bonds is 5. The Morgan fingerprint density at radius 2 is 1.87 bits per heavy atom. The first-order chi connectivity index (χ1) is 14.7. The van der Waals surface area contributed by atoms with Crippen LogP contribution < -0.4 is 14.8 Å². The van der Waals surface area contributed by atoms with Gasteiger partial charge in [-0.25, -0.2) is 9.97 Å². The van der Waals surface area contributed by atoms with Crippen molar-refractivity contribution in [2.75, 3.05) is 18.5 Å². The molecule has 0 radical (unpaired) electrons. The zero-order valence-electron chi connectivity index (χ0n) is 16.3. The van der Waals surface area contributed by atoms with Gasteiger partial charge in [-0.15, -0.1) is 0 Å². The molecule has 0 saturated carbocycles. The summed E-state index contributed by atoms with van der Waals surface area (Å²) < 4.78 is 18.0. The van der Waals surface area contributed by atoms with E-state index in [1.165, 1.54) is 11.3 Å². The molecule has 0 aliphatic carbocycles. The van der Waals surface area contributed by atoms with Gasteiger partial charge >= 0.3 is 0 Å². The third-order valence-electron chi connectivity index (χ3n) is 4.74. The number of amides is 1. The standard InChI is InChI=1S/C22H19N3O4S/c1-13-21(14-5-3-2-4-6-14)29-20(23-13)8-7-19(26)25-22-24-15-11-16-17(12-18(15)30-22)28-10-9-27-16/h2-6,11-12H,7-10H2,1H3,(H,24,25,26). The molecule has 0 fully saturated rings. The summed E-state index contributed by atoms with van der Waals surface area (Å²) in [5, 5.41) is 3.41. The Morgan fingerprint density at radius 3 is 2.67 bits per heavy atom. The second kappa shape index (κ2) is 7.79. The van der Waals surface area contributed by atoms with Crippen LogP contribution in [0.25, 0.3) is 21.5 Å². The van der Waals surface area contributed by atoms with Crippen LogP contribution in [0.5, 0.6) is 11.5 Å². The molecule has 8 heteroatoms. The average molecular weight is 421 g/mol. The molecule has 3 heterocycles. The molecule has 0 bridgehead atoms. The number of hydrogen-bond acceptors (Lipinski definition) is 7. The summed E-state index contributed by atoms with van der Waals surface area (Å²) in [5.41, 5.74) is 2.56. The van der Waals surface area contributed by atoms with Crippen molar-refractivity contribution in [3.8, 4) is 22.8 Å². The fraction of sp³-hybridized carbons (Fsp3) is 0.227. The molecule has 2 aromatic carbocycles. The Labute approximate surface area is 176 Å². The number of carbonyl (C=O) groups is 1. The number of hydrogen-bond donors (Lipinski definition) is 1. The van der Waals surface area contributed by atoms with E-state index < -0.39 is 0 Å². The molecule has 1 aliphatic rings. The fourth-order valence-corrected chi connectivity index (χ4v) is 4.23. The van der Waals surface area contributed by atoms with Crippen molar-refractivity contribution in [3.63, 3.8) is 0 Å². The molecular formula is C22H19N3O4S. The number of nitrogens with one attached hydrogen (secondary N) is 1. The van der Waals surface area contributed by atoms with Crippen LogP contribution in [0.1, 0.15) is 18.0 Å². The molecule has 5 rings (SSSR count). The minimum Gasteiger partial charge on any atom is -0.486 e. The van der Waals surface area contributed by atoms with Gasteiger partial charge in [0.1, 0.15) is 13.2 Å². The van der Waals surface area contributed by atoms with Crippen LogP contribution in [-0.4, -0.2) is 29.1 Å². The Kier molecular flexibility index (Phi) is 4.84. The number of ether oxygens (including phenoxy) is 2. The van der Waals surface area contributed by atoms with Crippen molar-refractivity contribution in [2.24, 2.45) is 0 Å². The smallest absolute Gasteiger partial charge is 0.226 e. The third-order valence-corrected chi connectivity index (χ3v) is 5.68. The predicted molar refractivity (Wildman–Crippen MR) is 114 cm³/mol. The van der Waals surface area contributed by atoms with Gasteiger partial charge in [-0.05, 0) is 6.92 Å². The number of aromatic nitrogens is 2. The predicted octanol–water partition coefficient (Wildman–Crippen LogP) is 4.60. The Bertz CT molecular complexity index is 1170. The SMILES string of the molecule is Cc1nc(CCC(=O)Nc2nc3cc4c(cc3s2)OCCO4)oc1-c1ccccc1. The lowest BCUT2D eigenvalue weighted by Crippen LogP contribution is -2.15. The first-order valence-electron chi connectivity index (χ1n) is 9.67. The number of aryl methyl sites for hydroxylation is 2. The molecule has 4 aromatic rings. The van der Waals surface area contributed by atoms with Crippen LogP contribution in [0.15, 0.2) is 46.9 Å². The molecule has 1 aliphatic heterocycles. The van der Waals surface area contributed by atoms with Gasteiger partial charge in [-0.2, -0.15) is 0 Å². The molecular weight excluding hydrogens is 402 g/mol. The summed E-state index contributed by atoms with van der Waals surface area (Å²) in [4.78, 5) is 21.4. The first-order valence-corrected chi connectivity index (χ1v) is 10.5. The highest BCUT2D eigenvalue weighted by Gasteiger charge is 2.17. The summed E-state index contributed by atoms with van der Waals surface area (Å²) in [5.74, 6) is 2.55. The largest absolute Gasteiger partial charge is 0.486 e. The van der Waals surface area contributed by atoms with Crippen LogP contribution >= 0.6 is 11.3 Å². The third kappa shape index (κ3) is 3.73. The van der Waals surface area contributed by atoms with E-state index in [0.717, 1.165) is 27.2 Å². The lowest BCUT2D eigenvalue weighted by molar-refractivity contribution is -0.116. The molecule has 7 nitrogen and oxygen atoms in total. The van der Waals surface area contributed by atoms with Gasteiger partial charge in [0.05, 0.1) is 15.9 Å². The van der Waals surface area contributed by atoms with E-state index in [1.54, 1.807) is 0 Å². The molecule has 0 atom stereocenters. The topological polar surface area (TPSA) is 86.5 Å². The second-order valence-corrected chi connectivity index (χ2v) is 7.95. The van der Waals surface area contributed by atoms with Crippen LogP contribution in [0.4, 0.5) is 5.13 Å². The van der Waals surface area contributed by atoms with E-state index in [2.05, 4.69) is 15.3 Å².